The Bertz CT molecular complexity index is 1060. The predicted octanol–water partition coefficient (Wildman–Crippen LogP) is 5.79. The summed E-state index contributed by atoms with van der Waals surface area (Å²) in [5.41, 5.74) is 2.86. The van der Waals surface area contributed by atoms with Gasteiger partial charge in [-0.1, -0.05) is 32.0 Å². The van der Waals surface area contributed by atoms with Crippen LogP contribution in [0, 0.1) is 0 Å². The molecule has 0 radical (unpaired) electrons. The van der Waals surface area contributed by atoms with Crippen molar-refractivity contribution in [3.8, 4) is 23.1 Å². The van der Waals surface area contributed by atoms with Gasteiger partial charge in [-0.15, -0.1) is 0 Å². The Morgan fingerprint density at radius 2 is 1.58 bits per heavy atom. The molecule has 0 saturated heterocycles. The number of methoxy groups -OCH3 is 1. The topological polar surface area (TPSA) is 69.0 Å². The van der Waals surface area contributed by atoms with Crippen LogP contribution >= 0.6 is 0 Å². The zero-order valence-corrected chi connectivity index (χ0v) is 22.6. The SMILES string of the molecule is COc1ccc(-n2nc(C(C)C)c(CN(C[C@@H](O)COC(C)C)C(C)C)c2Oc2ccccc2)cc1. The number of aliphatic hydroxyl groups is 1. The van der Waals surface area contributed by atoms with Gasteiger partial charge in [0.15, 0.2) is 0 Å². The number of benzene rings is 2. The molecule has 0 amide bonds. The van der Waals surface area contributed by atoms with E-state index in [1.54, 1.807) is 7.11 Å². The Labute approximate surface area is 215 Å². The minimum atomic E-state index is -0.590. The summed E-state index contributed by atoms with van der Waals surface area (Å²) in [7, 11) is 1.66. The highest BCUT2D eigenvalue weighted by atomic mass is 16.5. The molecule has 1 aromatic heterocycles. The van der Waals surface area contributed by atoms with Crippen LogP contribution in [-0.2, 0) is 11.3 Å². The molecule has 7 heteroatoms. The molecule has 0 fully saturated rings. The molecule has 1 heterocycles. The second-order valence-corrected chi connectivity index (χ2v) is 9.91. The molecule has 7 nitrogen and oxygen atoms in total. The van der Waals surface area contributed by atoms with E-state index in [4.69, 9.17) is 19.3 Å². The summed E-state index contributed by atoms with van der Waals surface area (Å²) in [5.74, 6) is 2.38. The molecule has 1 N–H and O–H groups in total. The molecule has 1 atom stereocenters. The van der Waals surface area contributed by atoms with Crippen molar-refractivity contribution in [1.29, 1.82) is 0 Å². The Hall–Kier alpha value is -2.87. The molecule has 3 aromatic rings. The third kappa shape index (κ3) is 7.32. The normalized spacial score (nSPS) is 12.7. The van der Waals surface area contributed by atoms with E-state index in [1.807, 2.05) is 73.1 Å². The van der Waals surface area contributed by atoms with Crippen LogP contribution in [-0.4, -0.2) is 58.3 Å². The lowest BCUT2D eigenvalue weighted by atomic mass is 10.0. The fourth-order valence-electron chi connectivity index (χ4n) is 3.95. The number of nitrogens with zero attached hydrogens (tertiary/aromatic N) is 3. The van der Waals surface area contributed by atoms with Crippen molar-refractivity contribution in [1.82, 2.24) is 14.7 Å². The van der Waals surface area contributed by atoms with Gasteiger partial charge in [0.2, 0.25) is 5.88 Å². The van der Waals surface area contributed by atoms with Gasteiger partial charge in [-0.05, 0) is 70.0 Å². The van der Waals surface area contributed by atoms with E-state index in [2.05, 4.69) is 32.6 Å². The molecule has 0 saturated carbocycles. The summed E-state index contributed by atoms with van der Waals surface area (Å²) in [5, 5.41) is 15.7. The van der Waals surface area contributed by atoms with Crippen LogP contribution in [0.4, 0.5) is 0 Å². The average molecular weight is 496 g/mol. The summed E-state index contributed by atoms with van der Waals surface area (Å²) in [6.45, 7) is 13.9. The van der Waals surface area contributed by atoms with Gasteiger partial charge < -0.3 is 19.3 Å². The first kappa shape index (κ1) is 27.7. The molecule has 0 aliphatic carbocycles. The lowest BCUT2D eigenvalue weighted by Gasteiger charge is -2.29. The molecule has 0 aliphatic rings. The number of ether oxygens (including phenoxy) is 3. The van der Waals surface area contributed by atoms with E-state index < -0.39 is 6.10 Å². The second kappa shape index (κ2) is 12.9. The van der Waals surface area contributed by atoms with Crippen LogP contribution in [0.1, 0.15) is 58.7 Å². The van der Waals surface area contributed by atoms with E-state index >= 15 is 0 Å². The fraction of sp³-hybridized carbons (Fsp3) is 0.483. The van der Waals surface area contributed by atoms with Crippen molar-refractivity contribution in [3.05, 3.63) is 65.9 Å². The maximum absolute atomic E-state index is 10.7. The first-order valence-electron chi connectivity index (χ1n) is 12.7. The smallest absolute Gasteiger partial charge is 0.227 e. The van der Waals surface area contributed by atoms with Crippen molar-refractivity contribution in [2.24, 2.45) is 0 Å². The van der Waals surface area contributed by atoms with Gasteiger partial charge in [-0.3, -0.25) is 4.90 Å². The molecule has 0 aliphatic heterocycles. The molecule has 0 bridgehead atoms. The van der Waals surface area contributed by atoms with Crippen molar-refractivity contribution < 1.29 is 19.3 Å². The summed E-state index contributed by atoms with van der Waals surface area (Å²) in [6.07, 6.45) is -0.513. The molecule has 196 valence electrons. The van der Waals surface area contributed by atoms with Gasteiger partial charge in [0, 0.05) is 19.1 Å². The molecular formula is C29H41N3O4. The molecule has 3 rings (SSSR count). The average Bonchev–Trinajstić information content (AvgIpc) is 3.21. The minimum Gasteiger partial charge on any atom is -0.497 e. The van der Waals surface area contributed by atoms with E-state index in [9.17, 15) is 5.11 Å². The first-order chi connectivity index (χ1) is 17.2. The van der Waals surface area contributed by atoms with Gasteiger partial charge in [0.05, 0.1) is 42.9 Å². The Kier molecular flexibility index (Phi) is 9.93. The van der Waals surface area contributed by atoms with E-state index in [-0.39, 0.29) is 18.1 Å². The quantitative estimate of drug-likeness (QED) is 0.324. The predicted molar refractivity (Wildman–Crippen MR) is 143 cm³/mol. The Balaban J connectivity index is 2.04. The third-order valence-corrected chi connectivity index (χ3v) is 5.95. The highest BCUT2D eigenvalue weighted by molar-refractivity contribution is 5.46. The van der Waals surface area contributed by atoms with Crippen LogP contribution in [0.2, 0.25) is 0 Å². The maximum Gasteiger partial charge on any atom is 0.227 e. The lowest BCUT2D eigenvalue weighted by molar-refractivity contribution is -0.0137. The van der Waals surface area contributed by atoms with Gasteiger partial charge in [-0.25, -0.2) is 4.68 Å². The van der Waals surface area contributed by atoms with Crippen LogP contribution < -0.4 is 9.47 Å². The third-order valence-electron chi connectivity index (χ3n) is 5.95. The second-order valence-electron chi connectivity index (χ2n) is 9.91. The molecule has 0 unspecified atom stereocenters. The van der Waals surface area contributed by atoms with Gasteiger partial charge in [0.1, 0.15) is 11.5 Å². The molecule has 0 spiro atoms. The van der Waals surface area contributed by atoms with E-state index in [0.717, 1.165) is 28.4 Å². The number of para-hydroxylation sites is 1. The van der Waals surface area contributed by atoms with Crippen LogP contribution in [0.25, 0.3) is 5.69 Å². The number of aromatic nitrogens is 2. The molecule has 36 heavy (non-hydrogen) atoms. The van der Waals surface area contributed by atoms with Gasteiger partial charge >= 0.3 is 0 Å². The zero-order valence-electron chi connectivity index (χ0n) is 22.6. The highest BCUT2D eigenvalue weighted by Crippen LogP contribution is 2.35. The minimum absolute atomic E-state index is 0.0771. The van der Waals surface area contributed by atoms with Crippen molar-refractivity contribution >= 4 is 0 Å². The molecular weight excluding hydrogens is 454 g/mol. The first-order valence-corrected chi connectivity index (χ1v) is 12.7. The number of hydrogen-bond donors (Lipinski definition) is 1. The van der Waals surface area contributed by atoms with Crippen molar-refractivity contribution in [3.63, 3.8) is 0 Å². The van der Waals surface area contributed by atoms with Crippen LogP contribution in [0.3, 0.4) is 0 Å². The summed E-state index contributed by atoms with van der Waals surface area (Å²) in [6, 6.07) is 17.8. The number of rotatable bonds is 13. The van der Waals surface area contributed by atoms with Crippen molar-refractivity contribution in [2.75, 3.05) is 20.3 Å². The zero-order chi connectivity index (χ0) is 26.2. The number of hydrogen-bond acceptors (Lipinski definition) is 6. The largest absolute Gasteiger partial charge is 0.497 e. The van der Waals surface area contributed by atoms with Gasteiger partial charge in [0.25, 0.3) is 0 Å². The standard InChI is InChI=1S/C29H41N3O4/c1-20(2)28-27(18-31(21(3)4)17-24(33)19-35-22(5)6)29(36-26-11-9-8-10-12-26)32(30-28)23-13-15-25(34-7)16-14-23/h8-16,20-22,24,33H,17-19H2,1-7H3/t24-/m1/s1. The van der Waals surface area contributed by atoms with E-state index in [0.29, 0.717) is 25.6 Å². The number of aliphatic hydroxyl groups excluding tert-OH is 1. The van der Waals surface area contributed by atoms with Crippen molar-refractivity contribution in [2.45, 2.75) is 72.3 Å². The summed E-state index contributed by atoms with van der Waals surface area (Å²) in [4.78, 5) is 2.24. The van der Waals surface area contributed by atoms with Crippen LogP contribution in [0.15, 0.2) is 54.6 Å². The summed E-state index contributed by atoms with van der Waals surface area (Å²) < 4.78 is 19.4. The Morgan fingerprint density at radius 1 is 0.917 bits per heavy atom. The fourth-order valence-corrected chi connectivity index (χ4v) is 3.95. The summed E-state index contributed by atoms with van der Waals surface area (Å²) >= 11 is 0. The lowest BCUT2D eigenvalue weighted by Crippen LogP contribution is -2.39. The molecule has 2 aromatic carbocycles. The van der Waals surface area contributed by atoms with Crippen LogP contribution in [0.5, 0.6) is 17.4 Å². The Morgan fingerprint density at radius 3 is 2.14 bits per heavy atom. The maximum atomic E-state index is 10.7. The highest BCUT2D eigenvalue weighted by Gasteiger charge is 2.27. The van der Waals surface area contributed by atoms with Gasteiger partial charge in [-0.2, -0.15) is 5.10 Å². The van der Waals surface area contributed by atoms with E-state index in [1.165, 1.54) is 0 Å². The monoisotopic (exact) mass is 495 g/mol.